The molecule has 1 saturated heterocycles. The fraction of sp³-hybridized carbons (Fsp3) is 0.647. The number of halogens is 1. The van der Waals surface area contributed by atoms with E-state index in [-0.39, 0.29) is 5.38 Å². The first-order chi connectivity index (χ1) is 9.20. The van der Waals surface area contributed by atoms with Crippen molar-refractivity contribution >= 4 is 11.6 Å². The maximum absolute atomic E-state index is 6.49. The molecule has 0 bridgehead atoms. The Bertz CT molecular complexity index is 367. The van der Waals surface area contributed by atoms with E-state index in [0.717, 1.165) is 19.4 Å². The molecule has 1 aromatic carbocycles. The first kappa shape index (κ1) is 14.9. The van der Waals surface area contributed by atoms with Crippen LogP contribution in [0.4, 0.5) is 0 Å². The van der Waals surface area contributed by atoms with Crippen molar-refractivity contribution in [3.8, 4) is 0 Å². The predicted molar refractivity (Wildman–Crippen MR) is 82.0 cm³/mol. The Kier molecular flexibility index (Phi) is 5.72. The highest BCUT2D eigenvalue weighted by Gasteiger charge is 2.17. The van der Waals surface area contributed by atoms with Crippen LogP contribution < -0.4 is 0 Å². The van der Waals surface area contributed by atoms with Crippen molar-refractivity contribution in [1.82, 2.24) is 0 Å². The first-order valence-corrected chi connectivity index (χ1v) is 8.00. The maximum atomic E-state index is 6.49. The number of hydrogen-bond acceptors (Lipinski definition) is 1. The summed E-state index contributed by atoms with van der Waals surface area (Å²) in [6.45, 7) is 5.43. The van der Waals surface area contributed by atoms with Crippen LogP contribution in [0.15, 0.2) is 24.3 Å². The Labute approximate surface area is 122 Å². The van der Waals surface area contributed by atoms with E-state index in [0.29, 0.717) is 12.0 Å². The van der Waals surface area contributed by atoms with Crippen LogP contribution in [0.2, 0.25) is 0 Å². The van der Waals surface area contributed by atoms with Crippen molar-refractivity contribution in [2.45, 2.75) is 63.4 Å². The minimum Gasteiger partial charge on any atom is -0.378 e. The Morgan fingerprint density at radius 3 is 2.53 bits per heavy atom. The smallest absolute Gasteiger partial charge is 0.0586 e. The van der Waals surface area contributed by atoms with Crippen LogP contribution in [-0.4, -0.2) is 12.7 Å². The van der Waals surface area contributed by atoms with E-state index >= 15 is 0 Å². The second-order valence-corrected chi connectivity index (χ2v) is 6.18. The van der Waals surface area contributed by atoms with Gasteiger partial charge in [0.2, 0.25) is 0 Å². The van der Waals surface area contributed by atoms with Crippen LogP contribution in [0.3, 0.4) is 0 Å². The van der Waals surface area contributed by atoms with Gasteiger partial charge in [0, 0.05) is 6.61 Å². The highest BCUT2D eigenvalue weighted by Crippen LogP contribution is 2.30. The third-order valence-electron chi connectivity index (χ3n) is 4.25. The van der Waals surface area contributed by atoms with Gasteiger partial charge in [-0.25, -0.2) is 0 Å². The molecule has 0 spiro atoms. The van der Waals surface area contributed by atoms with Crippen molar-refractivity contribution in [1.29, 1.82) is 0 Å². The second-order valence-electron chi connectivity index (χ2n) is 5.66. The zero-order chi connectivity index (χ0) is 13.7. The number of ether oxygens (including phenoxy) is 1. The largest absolute Gasteiger partial charge is 0.378 e. The fourth-order valence-corrected chi connectivity index (χ4v) is 2.91. The summed E-state index contributed by atoms with van der Waals surface area (Å²) in [5.41, 5.74) is 2.65. The van der Waals surface area contributed by atoms with Crippen molar-refractivity contribution in [3.05, 3.63) is 35.4 Å². The summed E-state index contributed by atoms with van der Waals surface area (Å²) >= 11 is 6.49. The van der Waals surface area contributed by atoms with Gasteiger partial charge in [0.15, 0.2) is 0 Å². The summed E-state index contributed by atoms with van der Waals surface area (Å²) < 4.78 is 5.65. The summed E-state index contributed by atoms with van der Waals surface area (Å²) in [6.07, 6.45) is 6.14. The quantitative estimate of drug-likeness (QED) is 0.631. The zero-order valence-electron chi connectivity index (χ0n) is 12.1. The van der Waals surface area contributed by atoms with E-state index < -0.39 is 0 Å². The molecule has 1 aromatic rings. The minimum absolute atomic E-state index is 0.121. The van der Waals surface area contributed by atoms with E-state index in [4.69, 9.17) is 16.3 Å². The Balaban J connectivity index is 1.86. The zero-order valence-corrected chi connectivity index (χ0v) is 12.8. The molecule has 0 radical (unpaired) electrons. The minimum atomic E-state index is 0.121. The van der Waals surface area contributed by atoms with Crippen LogP contribution in [0.5, 0.6) is 0 Å². The maximum Gasteiger partial charge on any atom is 0.0586 e. The standard InChI is InChI=1S/C17H25ClO/c1-3-13(2)14-6-8-15(9-7-14)17(18)11-10-16-5-4-12-19-16/h6-9,13,16-17H,3-5,10-12H2,1-2H3. The summed E-state index contributed by atoms with van der Waals surface area (Å²) in [7, 11) is 0. The van der Waals surface area contributed by atoms with Gasteiger partial charge in [-0.2, -0.15) is 0 Å². The summed E-state index contributed by atoms with van der Waals surface area (Å²) in [5.74, 6) is 0.634. The van der Waals surface area contributed by atoms with Gasteiger partial charge in [0.25, 0.3) is 0 Å². The number of alkyl halides is 1. The van der Waals surface area contributed by atoms with E-state index in [1.165, 1.54) is 30.4 Å². The van der Waals surface area contributed by atoms with E-state index in [1.807, 2.05) is 0 Å². The van der Waals surface area contributed by atoms with E-state index in [1.54, 1.807) is 0 Å². The molecule has 1 fully saturated rings. The molecule has 106 valence electrons. The monoisotopic (exact) mass is 280 g/mol. The SMILES string of the molecule is CCC(C)c1ccc(C(Cl)CCC2CCCO2)cc1. The topological polar surface area (TPSA) is 9.23 Å². The molecular weight excluding hydrogens is 256 g/mol. The molecule has 1 heterocycles. The van der Waals surface area contributed by atoms with E-state index in [9.17, 15) is 0 Å². The first-order valence-electron chi connectivity index (χ1n) is 7.56. The molecule has 3 unspecified atom stereocenters. The van der Waals surface area contributed by atoms with Gasteiger partial charge < -0.3 is 4.74 Å². The Morgan fingerprint density at radius 2 is 1.95 bits per heavy atom. The normalized spacial score (nSPS) is 22.4. The van der Waals surface area contributed by atoms with Crippen LogP contribution in [0.1, 0.15) is 68.4 Å². The van der Waals surface area contributed by atoms with Gasteiger partial charge in [-0.3, -0.25) is 0 Å². The van der Waals surface area contributed by atoms with Crippen LogP contribution in [0.25, 0.3) is 0 Å². The molecule has 0 amide bonds. The summed E-state index contributed by atoms with van der Waals surface area (Å²) in [6, 6.07) is 8.83. The van der Waals surface area contributed by atoms with Crippen LogP contribution >= 0.6 is 11.6 Å². The van der Waals surface area contributed by atoms with Crippen molar-refractivity contribution in [3.63, 3.8) is 0 Å². The molecule has 19 heavy (non-hydrogen) atoms. The van der Waals surface area contributed by atoms with Crippen LogP contribution in [-0.2, 0) is 4.74 Å². The van der Waals surface area contributed by atoms with Gasteiger partial charge >= 0.3 is 0 Å². The molecule has 0 aliphatic carbocycles. The molecule has 0 aromatic heterocycles. The third kappa shape index (κ3) is 4.22. The van der Waals surface area contributed by atoms with Gasteiger partial charge in [0.05, 0.1) is 11.5 Å². The molecule has 2 rings (SSSR count). The van der Waals surface area contributed by atoms with Crippen molar-refractivity contribution in [2.75, 3.05) is 6.61 Å². The molecule has 1 aliphatic heterocycles. The van der Waals surface area contributed by atoms with E-state index in [2.05, 4.69) is 38.1 Å². The third-order valence-corrected chi connectivity index (χ3v) is 4.72. The lowest BCUT2D eigenvalue weighted by Gasteiger charge is -2.15. The lowest BCUT2D eigenvalue weighted by atomic mass is 9.96. The number of hydrogen-bond donors (Lipinski definition) is 0. The number of benzene rings is 1. The van der Waals surface area contributed by atoms with Crippen molar-refractivity contribution < 1.29 is 4.74 Å². The second kappa shape index (κ2) is 7.31. The molecule has 0 N–H and O–H groups in total. The van der Waals surface area contributed by atoms with Gasteiger partial charge in [0.1, 0.15) is 0 Å². The molecule has 1 aliphatic rings. The molecule has 2 heteroatoms. The van der Waals surface area contributed by atoms with Gasteiger partial charge in [-0.05, 0) is 49.1 Å². The van der Waals surface area contributed by atoms with Crippen molar-refractivity contribution in [2.24, 2.45) is 0 Å². The summed E-state index contributed by atoms with van der Waals surface area (Å²) in [4.78, 5) is 0. The van der Waals surface area contributed by atoms with Gasteiger partial charge in [-0.15, -0.1) is 11.6 Å². The fourth-order valence-electron chi connectivity index (χ4n) is 2.64. The lowest BCUT2D eigenvalue weighted by molar-refractivity contribution is 0.102. The predicted octanol–water partition coefficient (Wildman–Crippen LogP) is 5.44. The molecule has 3 atom stereocenters. The van der Waals surface area contributed by atoms with Gasteiger partial charge in [-0.1, -0.05) is 38.1 Å². The number of rotatable bonds is 6. The highest BCUT2D eigenvalue weighted by molar-refractivity contribution is 6.20. The van der Waals surface area contributed by atoms with Crippen LogP contribution in [0, 0.1) is 0 Å². The Hall–Kier alpha value is -0.530. The molecule has 1 nitrogen and oxygen atoms in total. The Morgan fingerprint density at radius 1 is 1.26 bits per heavy atom. The average Bonchev–Trinajstić information content (AvgIpc) is 2.97. The average molecular weight is 281 g/mol. The summed E-state index contributed by atoms with van der Waals surface area (Å²) in [5, 5.41) is 0.121. The molecule has 0 saturated carbocycles. The molecular formula is C17H25ClO. The lowest BCUT2D eigenvalue weighted by Crippen LogP contribution is -2.06. The highest BCUT2D eigenvalue weighted by atomic mass is 35.5.